The van der Waals surface area contributed by atoms with Crippen LogP contribution < -0.4 is 0 Å². The van der Waals surface area contributed by atoms with Crippen molar-refractivity contribution in [3.63, 3.8) is 0 Å². The Morgan fingerprint density at radius 1 is 1.26 bits per heavy atom. The van der Waals surface area contributed by atoms with E-state index < -0.39 is 10.0 Å². The van der Waals surface area contributed by atoms with Gasteiger partial charge in [0.2, 0.25) is 0 Å². The van der Waals surface area contributed by atoms with Gasteiger partial charge in [-0.25, -0.2) is 17.4 Å². The molecule has 102 valence electrons. The van der Waals surface area contributed by atoms with Crippen LogP contribution in [0, 0.1) is 0 Å². The smallest absolute Gasteiger partial charge is 0.240 e. The van der Waals surface area contributed by atoms with E-state index in [2.05, 4.69) is 36.8 Å². The molecule has 1 aromatic carbocycles. The van der Waals surface area contributed by atoms with Gasteiger partial charge in [-0.1, -0.05) is 29.8 Å². The molecular weight excluding hydrogens is 396 g/mol. The predicted octanol–water partition coefficient (Wildman–Crippen LogP) is 3.77. The first kappa shape index (κ1) is 14.7. The number of aromatic nitrogens is 2. The topological polar surface area (TPSA) is 52.0 Å². The van der Waals surface area contributed by atoms with Crippen molar-refractivity contribution in [3.8, 4) is 0 Å². The Balaban J connectivity index is 2.62. The Hall–Kier alpha value is -0.660. The van der Waals surface area contributed by atoms with Gasteiger partial charge in [-0.3, -0.25) is 0 Å². The number of hydrogen-bond acceptors (Lipinski definition) is 3. The average molecular weight is 408 g/mol. The highest BCUT2D eigenvalue weighted by Gasteiger charge is 2.23. The molecule has 7 heteroatoms. The standard InChI is InChI=1S/C12H12Br2N2O2S/c1-8(2)12-15-5-6-16(12)19(17,18)11-4-3-9(13)7-10(11)14/h3-8H,1-2H3. The van der Waals surface area contributed by atoms with Gasteiger partial charge in [-0.15, -0.1) is 0 Å². The first-order valence-corrected chi connectivity index (χ1v) is 8.60. The summed E-state index contributed by atoms with van der Waals surface area (Å²) in [6.45, 7) is 3.82. The summed E-state index contributed by atoms with van der Waals surface area (Å²) in [5.74, 6) is 0.550. The van der Waals surface area contributed by atoms with E-state index in [1.165, 1.54) is 16.4 Å². The highest BCUT2D eigenvalue weighted by molar-refractivity contribution is 9.11. The van der Waals surface area contributed by atoms with Crippen LogP contribution in [0.2, 0.25) is 0 Å². The predicted molar refractivity (Wildman–Crippen MR) is 80.7 cm³/mol. The lowest BCUT2D eigenvalue weighted by atomic mass is 10.2. The Labute approximate surface area is 129 Å². The van der Waals surface area contributed by atoms with Crippen LogP contribution in [0.3, 0.4) is 0 Å². The molecule has 0 aliphatic heterocycles. The van der Waals surface area contributed by atoms with Crippen LogP contribution in [0.1, 0.15) is 25.6 Å². The Kier molecular flexibility index (Phi) is 4.17. The summed E-state index contributed by atoms with van der Waals surface area (Å²) in [6, 6.07) is 4.97. The zero-order valence-corrected chi connectivity index (χ0v) is 14.3. The van der Waals surface area contributed by atoms with Crippen molar-refractivity contribution >= 4 is 41.9 Å². The molecule has 0 amide bonds. The first-order valence-electron chi connectivity index (χ1n) is 5.58. The van der Waals surface area contributed by atoms with Crippen LogP contribution in [-0.4, -0.2) is 17.4 Å². The molecule has 0 saturated heterocycles. The quantitative estimate of drug-likeness (QED) is 0.778. The van der Waals surface area contributed by atoms with Gasteiger partial charge in [-0.05, 0) is 34.1 Å². The maximum Gasteiger partial charge on any atom is 0.270 e. The Morgan fingerprint density at radius 3 is 2.53 bits per heavy atom. The van der Waals surface area contributed by atoms with E-state index in [1.807, 2.05) is 13.8 Å². The number of hydrogen-bond donors (Lipinski definition) is 0. The third kappa shape index (κ3) is 2.78. The summed E-state index contributed by atoms with van der Waals surface area (Å²) in [6.07, 6.45) is 2.97. The van der Waals surface area contributed by atoms with E-state index in [-0.39, 0.29) is 10.8 Å². The zero-order chi connectivity index (χ0) is 14.2. The molecule has 0 aliphatic carbocycles. The van der Waals surface area contributed by atoms with Gasteiger partial charge in [0.1, 0.15) is 10.7 Å². The SMILES string of the molecule is CC(C)c1nccn1S(=O)(=O)c1ccc(Br)cc1Br. The van der Waals surface area contributed by atoms with E-state index in [0.29, 0.717) is 10.3 Å². The van der Waals surface area contributed by atoms with E-state index in [4.69, 9.17) is 0 Å². The van der Waals surface area contributed by atoms with Crippen molar-refractivity contribution in [2.75, 3.05) is 0 Å². The summed E-state index contributed by atoms with van der Waals surface area (Å²) < 4.78 is 27.8. The van der Waals surface area contributed by atoms with Gasteiger partial charge in [0, 0.05) is 27.3 Å². The summed E-state index contributed by atoms with van der Waals surface area (Å²) in [4.78, 5) is 4.33. The number of rotatable bonds is 3. The van der Waals surface area contributed by atoms with Gasteiger partial charge < -0.3 is 0 Å². The molecule has 0 fully saturated rings. The van der Waals surface area contributed by atoms with Gasteiger partial charge in [-0.2, -0.15) is 0 Å². The second-order valence-electron chi connectivity index (χ2n) is 4.32. The molecule has 0 bridgehead atoms. The highest BCUT2D eigenvalue weighted by atomic mass is 79.9. The third-order valence-electron chi connectivity index (χ3n) is 2.58. The minimum absolute atomic E-state index is 0.0269. The fourth-order valence-electron chi connectivity index (χ4n) is 1.70. The molecule has 0 radical (unpaired) electrons. The molecule has 2 aromatic rings. The average Bonchev–Trinajstić information content (AvgIpc) is 2.77. The molecular formula is C12H12Br2N2O2S. The fraction of sp³-hybridized carbons (Fsp3) is 0.250. The zero-order valence-electron chi connectivity index (χ0n) is 10.3. The van der Waals surface area contributed by atoms with Crippen molar-refractivity contribution < 1.29 is 8.42 Å². The third-order valence-corrected chi connectivity index (χ3v) is 5.73. The van der Waals surface area contributed by atoms with Crippen molar-refractivity contribution in [2.45, 2.75) is 24.7 Å². The summed E-state index contributed by atoms with van der Waals surface area (Å²) in [5.41, 5.74) is 0. The second kappa shape index (κ2) is 5.38. The molecule has 4 nitrogen and oxygen atoms in total. The largest absolute Gasteiger partial charge is 0.270 e. The minimum Gasteiger partial charge on any atom is -0.240 e. The molecule has 0 spiro atoms. The van der Waals surface area contributed by atoms with Gasteiger partial charge in [0.05, 0.1) is 0 Å². The maximum atomic E-state index is 12.6. The van der Waals surface area contributed by atoms with Crippen LogP contribution in [0.25, 0.3) is 0 Å². The van der Waals surface area contributed by atoms with Gasteiger partial charge in [0.25, 0.3) is 10.0 Å². The first-order chi connectivity index (χ1) is 8.84. The number of imidazole rings is 1. The molecule has 0 unspecified atom stereocenters. The van der Waals surface area contributed by atoms with Gasteiger partial charge >= 0.3 is 0 Å². The summed E-state index contributed by atoms with van der Waals surface area (Å²) in [7, 11) is -3.63. The molecule has 2 rings (SSSR count). The normalized spacial score (nSPS) is 12.1. The minimum atomic E-state index is -3.63. The Bertz CT molecular complexity index is 708. The lowest BCUT2D eigenvalue weighted by molar-refractivity contribution is 0.581. The lowest BCUT2D eigenvalue weighted by Gasteiger charge is -2.12. The molecule has 0 saturated carbocycles. The van der Waals surface area contributed by atoms with Crippen molar-refractivity contribution in [3.05, 3.63) is 45.4 Å². The molecule has 19 heavy (non-hydrogen) atoms. The molecule has 0 N–H and O–H groups in total. The summed E-state index contributed by atoms with van der Waals surface area (Å²) >= 11 is 6.59. The monoisotopic (exact) mass is 406 g/mol. The molecule has 0 atom stereocenters. The van der Waals surface area contributed by atoms with Crippen LogP contribution >= 0.6 is 31.9 Å². The van der Waals surface area contributed by atoms with E-state index in [9.17, 15) is 8.42 Å². The summed E-state index contributed by atoms with van der Waals surface area (Å²) in [5, 5.41) is 0. The maximum absolute atomic E-state index is 12.6. The van der Waals surface area contributed by atoms with Crippen molar-refractivity contribution in [2.24, 2.45) is 0 Å². The van der Waals surface area contributed by atoms with Crippen molar-refractivity contribution in [1.29, 1.82) is 0 Å². The number of nitrogens with zero attached hydrogens (tertiary/aromatic N) is 2. The van der Waals surface area contributed by atoms with Crippen molar-refractivity contribution in [1.82, 2.24) is 8.96 Å². The van der Waals surface area contributed by atoms with E-state index in [1.54, 1.807) is 18.2 Å². The highest BCUT2D eigenvalue weighted by Crippen LogP contribution is 2.28. The lowest BCUT2D eigenvalue weighted by Crippen LogP contribution is -2.16. The van der Waals surface area contributed by atoms with Crippen LogP contribution in [-0.2, 0) is 10.0 Å². The molecule has 1 heterocycles. The van der Waals surface area contributed by atoms with Crippen LogP contribution in [0.15, 0.2) is 44.4 Å². The van der Waals surface area contributed by atoms with Crippen LogP contribution in [0.5, 0.6) is 0 Å². The number of halogens is 2. The second-order valence-corrected chi connectivity index (χ2v) is 7.87. The Morgan fingerprint density at radius 2 is 1.95 bits per heavy atom. The molecule has 1 aromatic heterocycles. The van der Waals surface area contributed by atoms with E-state index >= 15 is 0 Å². The van der Waals surface area contributed by atoms with Crippen LogP contribution in [0.4, 0.5) is 0 Å². The number of benzene rings is 1. The molecule has 0 aliphatic rings. The fourth-order valence-corrected chi connectivity index (χ4v) is 4.84. The van der Waals surface area contributed by atoms with E-state index in [0.717, 1.165) is 4.47 Å². The van der Waals surface area contributed by atoms with Gasteiger partial charge in [0.15, 0.2) is 0 Å².